The monoisotopic (exact) mass is 239 g/mol. The first-order valence-corrected chi connectivity index (χ1v) is 6.59. The summed E-state index contributed by atoms with van der Waals surface area (Å²) in [5.74, 6) is 1.13. The molecule has 0 bridgehead atoms. The molecule has 0 aliphatic carbocycles. The molecule has 0 amide bonds. The van der Waals surface area contributed by atoms with Gasteiger partial charge in [-0.3, -0.25) is 4.79 Å². The molecule has 2 heterocycles. The highest BCUT2D eigenvalue weighted by molar-refractivity contribution is 7.09. The van der Waals surface area contributed by atoms with Gasteiger partial charge in [0.05, 0.1) is 6.04 Å². The van der Waals surface area contributed by atoms with Crippen LogP contribution in [0.1, 0.15) is 38.9 Å². The first kappa shape index (κ1) is 11.5. The summed E-state index contributed by atoms with van der Waals surface area (Å²) >= 11 is 1.41. The van der Waals surface area contributed by atoms with Crippen LogP contribution in [0, 0.1) is 0 Å². The number of nitrogens with zero attached hydrogens (tertiary/aromatic N) is 3. The molecule has 0 N–H and O–H groups in total. The molecule has 1 aliphatic rings. The van der Waals surface area contributed by atoms with E-state index >= 15 is 0 Å². The van der Waals surface area contributed by atoms with Gasteiger partial charge >= 0.3 is 0 Å². The number of rotatable bonds is 3. The quantitative estimate of drug-likeness (QED) is 0.810. The van der Waals surface area contributed by atoms with E-state index in [2.05, 4.69) is 14.3 Å². The smallest absolute Gasteiger partial charge is 0.205 e. The van der Waals surface area contributed by atoms with Gasteiger partial charge in [-0.2, -0.15) is 4.37 Å². The molecular formula is C11H17N3OS. The van der Waals surface area contributed by atoms with E-state index in [1.54, 1.807) is 6.92 Å². The Hall–Kier alpha value is -0.970. The molecule has 0 saturated carbocycles. The predicted molar refractivity (Wildman–Crippen MR) is 65.0 cm³/mol. The fourth-order valence-electron chi connectivity index (χ4n) is 2.09. The lowest BCUT2D eigenvalue weighted by molar-refractivity contribution is -0.118. The number of carbonyl (C=O) groups excluding carboxylic acids is 1. The molecule has 1 saturated heterocycles. The van der Waals surface area contributed by atoms with Crippen LogP contribution in [-0.2, 0) is 11.2 Å². The standard InChI is InChI=1S/C11H17N3OS/c1-3-10-12-11(16-13-10)14-7-5-4-6-9(14)8(2)15/h9H,3-7H2,1-2H3. The fourth-order valence-corrected chi connectivity index (χ4v) is 2.91. The minimum absolute atomic E-state index is 0.0198. The lowest BCUT2D eigenvalue weighted by Gasteiger charge is -2.33. The minimum Gasteiger partial charge on any atom is -0.337 e. The Kier molecular flexibility index (Phi) is 3.53. The Morgan fingerprint density at radius 3 is 3.00 bits per heavy atom. The summed E-state index contributed by atoms with van der Waals surface area (Å²) in [5, 5.41) is 0.914. The normalized spacial score (nSPS) is 21.1. The second-order valence-electron chi connectivity index (χ2n) is 4.16. The molecule has 0 radical (unpaired) electrons. The van der Waals surface area contributed by atoms with Crippen LogP contribution in [0.5, 0.6) is 0 Å². The highest BCUT2D eigenvalue weighted by Crippen LogP contribution is 2.26. The number of aryl methyl sites for hydroxylation is 1. The van der Waals surface area contributed by atoms with E-state index < -0.39 is 0 Å². The molecule has 5 heteroatoms. The van der Waals surface area contributed by atoms with E-state index in [-0.39, 0.29) is 11.8 Å². The molecule has 1 aromatic heterocycles. The lowest BCUT2D eigenvalue weighted by Crippen LogP contribution is -2.43. The minimum atomic E-state index is 0.0198. The number of carbonyl (C=O) groups is 1. The zero-order chi connectivity index (χ0) is 11.5. The van der Waals surface area contributed by atoms with Crippen LogP contribution in [0.3, 0.4) is 0 Å². The van der Waals surface area contributed by atoms with Crippen molar-refractivity contribution in [3.05, 3.63) is 5.82 Å². The number of ketones is 1. The summed E-state index contributed by atoms with van der Waals surface area (Å²) in [6.07, 6.45) is 4.09. The zero-order valence-electron chi connectivity index (χ0n) is 9.77. The molecule has 2 rings (SSSR count). The van der Waals surface area contributed by atoms with Gasteiger partial charge in [-0.1, -0.05) is 6.92 Å². The third-order valence-electron chi connectivity index (χ3n) is 2.99. The summed E-state index contributed by atoms with van der Waals surface area (Å²) in [6, 6.07) is 0.0198. The van der Waals surface area contributed by atoms with E-state index in [4.69, 9.17) is 0 Å². The maximum absolute atomic E-state index is 11.6. The van der Waals surface area contributed by atoms with Crippen molar-refractivity contribution in [3.8, 4) is 0 Å². The first-order valence-electron chi connectivity index (χ1n) is 5.82. The van der Waals surface area contributed by atoms with Crippen LogP contribution in [-0.4, -0.2) is 27.7 Å². The van der Waals surface area contributed by atoms with Crippen LogP contribution < -0.4 is 4.90 Å². The average molecular weight is 239 g/mol. The van der Waals surface area contributed by atoms with Gasteiger partial charge in [0.25, 0.3) is 0 Å². The number of piperidine rings is 1. The van der Waals surface area contributed by atoms with Crippen LogP contribution in [0.25, 0.3) is 0 Å². The summed E-state index contributed by atoms with van der Waals surface area (Å²) in [4.78, 5) is 18.2. The molecule has 1 fully saturated rings. The number of hydrogen-bond acceptors (Lipinski definition) is 5. The second-order valence-corrected chi connectivity index (χ2v) is 4.89. The molecule has 4 nitrogen and oxygen atoms in total. The van der Waals surface area contributed by atoms with Crippen molar-refractivity contribution in [2.24, 2.45) is 0 Å². The second kappa shape index (κ2) is 4.91. The predicted octanol–water partition coefficient (Wildman–Crippen LogP) is 2.05. The molecule has 88 valence electrons. The summed E-state index contributed by atoms with van der Waals surface area (Å²) in [7, 11) is 0. The van der Waals surface area contributed by atoms with E-state index in [1.807, 2.05) is 6.92 Å². The van der Waals surface area contributed by atoms with Crippen molar-refractivity contribution in [2.45, 2.75) is 45.6 Å². The van der Waals surface area contributed by atoms with Gasteiger partial charge in [0.2, 0.25) is 5.13 Å². The van der Waals surface area contributed by atoms with Crippen molar-refractivity contribution in [3.63, 3.8) is 0 Å². The van der Waals surface area contributed by atoms with Crippen LogP contribution in [0.2, 0.25) is 0 Å². The molecule has 1 atom stereocenters. The van der Waals surface area contributed by atoms with Gasteiger partial charge in [-0.15, -0.1) is 0 Å². The highest BCUT2D eigenvalue weighted by Gasteiger charge is 2.28. The van der Waals surface area contributed by atoms with Crippen molar-refractivity contribution >= 4 is 22.4 Å². The van der Waals surface area contributed by atoms with Crippen LogP contribution >= 0.6 is 11.5 Å². The Morgan fingerprint density at radius 1 is 1.56 bits per heavy atom. The van der Waals surface area contributed by atoms with Gasteiger partial charge in [0, 0.05) is 24.5 Å². The largest absolute Gasteiger partial charge is 0.337 e. The van der Waals surface area contributed by atoms with Crippen molar-refractivity contribution < 1.29 is 4.79 Å². The molecule has 1 aliphatic heterocycles. The number of hydrogen-bond donors (Lipinski definition) is 0. The van der Waals surface area contributed by atoms with Gasteiger partial charge in [-0.05, 0) is 26.2 Å². The van der Waals surface area contributed by atoms with Crippen LogP contribution in [0.4, 0.5) is 5.13 Å². The van der Waals surface area contributed by atoms with E-state index in [9.17, 15) is 4.79 Å². The number of anilines is 1. The summed E-state index contributed by atoms with van der Waals surface area (Å²) < 4.78 is 4.28. The summed E-state index contributed by atoms with van der Waals surface area (Å²) in [6.45, 7) is 4.65. The highest BCUT2D eigenvalue weighted by atomic mass is 32.1. The van der Waals surface area contributed by atoms with Crippen molar-refractivity contribution in [1.82, 2.24) is 9.36 Å². The maximum atomic E-state index is 11.6. The third kappa shape index (κ3) is 2.24. The topological polar surface area (TPSA) is 46.1 Å². The first-order chi connectivity index (χ1) is 7.72. The van der Waals surface area contributed by atoms with E-state index in [1.165, 1.54) is 11.5 Å². The lowest BCUT2D eigenvalue weighted by atomic mass is 10.00. The molecule has 0 aromatic carbocycles. The SMILES string of the molecule is CCc1nsc(N2CCCCC2C(C)=O)n1. The Labute approximate surface area is 99.9 Å². The molecule has 1 aromatic rings. The number of aromatic nitrogens is 2. The molecular weight excluding hydrogens is 222 g/mol. The van der Waals surface area contributed by atoms with Crippen molar-refractivity contribution in [2.75, 3.05) is 11.4 Å². The molecule has 16 heavy (non-hydrogen) atoms. The van der Waals surface area contributed by atoms with Crippen LogP contribution in [0.15, 0.2) is 0 Å². The van der Waals surface area contributed by atoms with Gasteiger partial charge in [0.1, 0.15) is 5.82 Å². The van der Waals surface area contributed by atoms with Gasteiger partial charge in [-0.25, -0.2) is 4.98 Å². The number of Topliss-reactive ketones (excluding diaryl/α,β-unsaturated/α-hetero) is 1. The average Bonchev–Trinajstić information content (AvgIpc) is 2.77. The Bertz CT molecular complexity index is 377. The maximum Gasteiger partial charge on any atom is 0.205 e. The van der Waals surface area contributed by atoms with Crippen molar-refractivity contribution in [1.29, 1.82) is 0 Å². The molecule has 1 unspecified atom stereocenters. The fraction of sp³-hybridized carbons (Fsp3) is 0.727. The van der Waals surface area contributed by atoms with Gasteiger partial charge in [0.15, 0.2) is 5.78 Å². The summed E-state index contributed by atoms with van der Waals surface area (Å²) in [5.41, 5.74) is 0. The zero-order valence-corrected chi connectivity index (χ0v) is 10.6. The van der Waals surface area contributed by atoms with Gasteiger partial charge < -0.3 is 4.90 Å². The molecule has 0 spiro atoms. The Balaban J connectivity index is 2.19. The third-order valence-corrected chi connectivity index (χ3v) is 3.78. The van der Waals surface area contributed by atoms with E-state index in [0.29, 0.717) is 0 Å². The van der Waals surface area contributed by atoms with E-state index in [0.717, 1.165) is 43.2 Å². The Morgan fingerprint density at radius 2 is 2.38 bits per heavy atom.